The Labute approximate surface area is 154 Å². The van der Waals surface area contributed by atoms with Gasteiger partial charge in [0.1, 0.15) is 24.7 Å². The second kappa shape index (κ2) is 7.07. The SMILES string of the molecule is Cc1ccccc1C1C[N+](Cc2ccccc2)(c2ccccc2)CS1. The van der Waals surface area contributed by atoms with E-state index in [4.69, 9.17) is 0 Å². The van der Waals surface area contributed by atoms with Gasteiger partial charge in [-0.2, -0.15) is 0 Å². The van der Waals surface area contributed by atoms with Crippen LogP contribution in [-0.2, 0) is 6.54 Å². The lowest BCUT2D eigenvalue weighted by Gasteiger charge is -2.33. The molecule has 0 saturated carbocycles. The topological polar surface area (TPSA) is 0 Å². The van der Waals surface area contributed by atoms with Crippen molar-refractivity contribution in [2.75, 3.05) is 12.4 Å². The number of hydrogen-bond donors (Lipinski definition) is 0. The van der Waals surface area contributed by atoms with Crippen LogP contribution in [0.1, 0.15) is 21.9 Å². The normalized spacial score (nSPS) is 22.8. The number of quaternary nitrogens is 1. The maximum absolute atomic E-state index is 2.31. The molecule has 1 aliphatic rings. The van der Waals surface area contributed by atoms with Crippen LogP contribution in [0, 0.1) is 6.92 Å². The van der Waals surface area contributed by atoms with Crippen LogP contribution >= 0.6 is 11.8 Å². The van der Waals surface area contributed by atoms with Crippen molar-refractivity contribution in [3.8, 4) is 0 Å². The first-order valence-electron chi connectivity index (χ1n) is 8.90. The number of thioether (sulfide) groups is 1. The van der Waals surface area contributed by atoms with E-state index in [1.807, 2.05) is 0 Å². The summed E-state index contributed by atoms with van der Waals surface area (Å²) in [4.78, 5) is 0. The highest BCUT2D eigenvalue weighted by atomic mass is 32.2. The molecule has 0 amide bonds. The van der Waals surface area contributed by atoms with Gasteiger partial charge in [-0.05, 0) is 30.2 Å². The summed E-state index contributed by atoms with van der Waals surface area (Å²) >= 11 is 2.10. The first-order chi connectivity index (χ1) is 12.3. The molecule has 2 atom stereocenters. The van der Waals surface area contributed by atoms with Crippen LogP contribution in [-0.4, -0.2) is 12.4 Å². The van der Waals surface area contributed by atoms with Gasteiger partial charge < -0.3 is 0 Å². The Hall–Kier alpha value is -2.03. The van der Waals surface area contributed by atoms with Gasteiger partial charge in [-0.25, -0.2) is 0 Å². The molecule has 1 saturated heterocycles. The van der Waals surface area contributed by atoms with Crippen molar-refractivity contribution in [1.29, 1.82) is 0 Å². The molecule has 3 aromatic carbocycles. The Bertz CT molecular complexity index is 831. The first kappa shape index (κ1) is 16.4. The molecule has 0 radical (unpaired) electrons. The van der Waals surface area contributed by atoms with Crippen molar-refractivity contribution in [3.63, 3.8) is 0 Å². The molecule has 4 rings (SSSR count). The standard InChI is InChI=1S/C23H24NS/c1-19-10-8-9-15-22(19)23-17-24(18-25-23,21-13-6-3-7-14-21)16-20-11-4-2-5-12-20/h2-15,23H,16-18H2,1H3/q+1. The zero-order valence-electron chi connectivity index (χ0n) is 14.6. The lowest BCUT2D eigenvalue weighted by molar-refractivity contribution is 0.328. The predicted molar refractivity (Wildman–Crippen MR) is 110 cm³/mol. The highest BCUT2D eigenvalue weighted by Gasteiger charge is 2.41. The molecule has 0 spiro atoms. The van der Waals surface area contributed by atoms with E-state index in [-0.39, 0.29) is 0 Å². The molecule has 1 fully saturated rings. The van der Waals surface area contributed by atoms with Crippen LogP contribution < -0.4 is 4.48 Å². The Balaban J connectivity index is 1.69. The summed E-state index contributed by atoms with van der Waals surface area (Å²) in [7, 11) is 0. The predicted octanol–water partition coefficient (Wildman–Crippen LogP) is 5.95. The smallest absolute Gasteiger partial charge is 0.133 e. The fourth-order valence-electron chi connectivity index (χ4n) is 3.85. The van der Waals surface area contributed by atoms with Gasteiger partial charge in [0.25, 0.3) is 0 Å². The minimum atomic E-state index is 0.560. The van der Waals surface area contributed by atoms with E-state index in [9.17, 15) is 0 Å². The minimum absolute atomic E-state index is 0.560. The van der Waals surface area contributed by atoms with Crippen LogP contribution in [0.3, 0.4) is 0 Å². The molecule has 0 aromatic heterocycles. The Morgan fingerprint density at radius 2 is 1.48 bits per heavy atom. The summed E-state index contributed by atoms with van der Waals surface area (Å²) in [6.45, 7) is 4.44. The summed E-state index contributed by atoms with van der Waals surface area (Å²) in [5, 5.41) is 0.560. The average Bonchev–Trinajstić information content (AvgIpc) is 3.09. The summed E-state index contributed by atoms with van der Waals surface area (Å²) in [5.41, 5.74) is 5.75. The third-order valence-corrected chi connectivity index (χ3v) is 6.65. The first-order valence-corrected chi connectivity index (χ1v) is 9.94. The van der Waals surface area contributed by atoms with Crippen molar-refractivity contribution in [3.05, 3.63) is 102 Å². The van der Waals surface area contributed by atoms with Gasteiger partial charge >= 0.3 is 0 Å². The minimum Gasteiger partial charge on any atom is -0.278 e. The van der Waals surface area contributed by atoms with E-state index in [1.165, 1.54) is 22.4 Å². The molecular weight excluding hydrogens is 322 g/mol. The third-order valence-electron chi connectivity index (χ3n) is 5.21. The lowest BCUT2D eigenvalue weighted by atomic mass is 10.0. The maximum Gasteiger partial charge on any atom is 0.133 e. The van der Waals surface area contributed by atoms with E-state index in [2.05, 4.69) is 104 Å². The van der Waals surface area contributed by atoms with E-state index < -0.39 is 0 Å². The van der Waals surface area contributed by atoms with Gasteiger partial charge in [0.05, 0.1) is 5.25 Å². The molecule has 2 unspecified atom stereocenters. The fourth-order valence-corrected chi connectivity index (χ4v) is 5.50. The van der Waals surface area contributed by atoms with Crippen LogP contribution in [0.2, 0.25) is 0 Å². The van der Waals surface area contributed by atoms with E-state index in [0.717, 1.165) is 23.4 Å². The van der Waals surface area contributed by atoms with Gasteiger partial charge in [-0.1, -0.05) is 84.6 Å². The molecule has 0 bridgehead atoms. The number of benzene rings is 3. The van der Waals surface area contributed by atoms with Gasteiger partial charge in [0.2, 0.25) is 0 Å². The number of para-hydroxylation sites is 1. The molecule has 1 heterocycles. The molecular formula is C23H24NS+. The van der Waals surface area contributed by atoms with Crippen molar-refractivity contribution < 1.29 is 0 Å². The number of nitrogens with zero attached hydrogens (tertiary/aromatic N) is 1. The molecule has 25 heavy (non-hydrogen) atoms. The van der Waals surface area contributed by atoms with Crippen molar-refractivity contribution in [2.24, 2.45) is 0 Å². The van der Waals surface area contributed by atoms with Gasteiger partial charge in [-0.3, -0.25) is 4.48 Å². The van der Waals surface area contributed by atoms with E-state index in [0.29, 0.717) is 5.25 Å². The Kier molecular flexibility index (Phi) is 4.65. The molecule has 3 aromatic rings. The second-order valence-corrected chi connectivity index (χ2v) is 8.11. The molecule has 126 valence electrons. The summed E-state index contributed by atoms with van der Waals surface area (Å²) in [5.74, 6) is 1.12. The van der Waals surface area contributed by atoms with Crippen LogP contribution in [0.15, 0.2) is 84.9 Å². The fraction of sp³-hybridized carbons (Fsp3) is 0.217. The Morgan fingerprint density at radius 1 is 0.840 bits per heavy atom. The maximum atomic E-state index is 2.31. The van der Waals surface area contributed by atoms with Crippen LogP contribution in [0.5, 0.6) is 0 Å². The molecule has 0 N–H and O–H groups in total. The largest absolute Gasteiger partial charge is 0.278 e. The van der Waals surface area contributed by atoms with Crippen molar-refractivity contribution in [1.82, 2.24) is 4.48 Å². The van der Waals surface area contributed by atoms with Gasteiger partial charge in [-0.15, -0.1) is 0 Å². The molecule has 1 aliphatic heterocycles. The number of hydrogen-bond acceptors (Lipinski definition) is 1. The highest BCUT2D eigenvalue weighted by molar-refractivity contribution is 7.99. The summed E-state index contributed by atoms with van der Waals surface area (Å²) < 4.78 is 1.02. The van der Waals surface area contributed by atoms with E-state index in [1.54, 1.807) is 0 Å². The quantitative estimate of drug-likeness (QED) is 0.526. The highest BCUT2D eigenvalue weighted by Crippen LogP contribution is 2.45. The zero-order chi connectivity index (χ0) is 17.1. The molecule has 0 aliphatic carbocycles. The van der Waals surface area contributed by atoms with Crippen LogP contribution in [0.4, 0.5) is 5.69 Å². The number of rotatable bonds is 4. The summed E-state index contributed by atoms with van der Waals surface area (Å²) in [6, 6.07) is 30.8. The third kappa shape index (κ3) is 3.37. The monoisotopic (exact) mass is 346 g/mol. The van der Waals surface area contributed by atoms with Gasteiger partial charge in [0.15, 0.2) is 0 Å². The van der Waals surface area contributed by atoms with Gasteiger partial charge in [0, 0.05) is 5.56 Å². The van der Waals surface area contributed by atoms with E-state index >= 15 is 0 Å². The zero-order valence-corrected chi connectivity index (χ0v) is 15.5. The van der Waals surface area contributed by atoms with Crippen molar-refractivity contribution >= 4 is 17.4 Å². The molecule has 1 nitrogen and oxygen atoms in total. The summed E-state index contributed by atoms with van der Waals surface area (Å²) in [6.07, 6.45) is 0. The van der Waals surface area contributed by atoms with Crippen LogP contribution in [0.25, 0.3) is 0 Å². The lowest BCUT2D eigenvalue weighted by Crippen LogP contribution is -2.45. The average molecular weight is 347 g/mol. The Morgan fingerprint density at radius 3 is 2.20 bits per heavy atom. The van der Waals surface area contributed by atoms with Crippen molar-refractivity contribution in [2.45, 2.75) is 18.7 Å². The second-order valence-electron chi connectivity index (χ2n) is 6.95. The molecule has 2 heteroatoms. The number of aryl methyl sites for hydroxylation is 1.